The molecule has 1 aromatic rings. The molecule has 0 aromatic carbocycles. The zero-order chi connectivity index (χ0) is 8.97. The number of carbonyl (C=O) groups is 1. The van der Waals surface area contributed by atoms with Gasteiger partial charge >= 0.3 is 0 Å². The van der Waals surface area contributed by atoms with Crippen molar-refractivity contribution in [3.63, 3.8) is 0 Å². The van der Waals surface area contributed by atoms with E-state index >= 15 is 0 Å². The largest absolute Gasteiger partial charge is 0.384 e. The van der Waals surface area contributed by atoms with Crippen molar-refractivity contribution in [1.29, 1.82) is 0 Å². The van der Waals surface area contributed by atoms with Gasteiger partial charge in [-0.05, 0) is 6.92 Å². The van der Waals surface area contributed by atoms with Crippen LogP contribution in [-0.2, 0) is 11.2 Å². The topological polar surface area (TPSA) is 39.2 Å². The predicted molar refractivity (Wildman–Crippen MR) is 47.8 cm³/mol. The van der Waals surface area contributed by atoms with Crippen molar-refractivity contribution in [1.82, 2.24) is 4.98 Å². The first-order valence-electron chi connectivity index (χ1n) is 3.68. The van der Waals surface area contributed by atoms with Crippen molar-refractivity contribution in [2.45, 2.75) is 13.3 Å². The Labute approximate surface area is 75.4 Å². The lowest BCUT2D eigenvalue weighted by Crippen LogP contribution is -1.93. The number of ether oxygens (including phenoxy) is 1. The summed E-state index contributed by atoms with van der Waals surface area (Å²) in [6.45, 7) is 2.56. The van der Waals surface area contributed by atoms with Gasteiger partial charge in [0, 0.05) is 18.4 Å². The summed E-state index contributed by atoms with van der Waals surface area (Å²) >= 11 is 1.56. The number of thiazole rings is 1. The minimum atomic E-state index is 0.561. The van der Waals surface area contributed by atoms with Gasteiger partial charge in [-0.15, -0.1) is 11.3 Å². The highest BCUT2D eigenvalue weighted by Crippen LogP contribution is 2.16. The molecule has 0 aliphatic rings. The molecular weight excluding hydrogens is 174 g/mol. The Kier molecular flexibility index (Phi) is 3.37. The number of aryl methyl sites for hydroxylation is 1. The van der Waals surface area contributed by atoms with Crippen LogP contribution in [0, 0.1) is 6.92 Å². The van der Waals surface area contributed by atoms with E-state index in [1.807, 2.05) is 6.92 Å². The second-order valence-electron chi connectivity index (χ2n) is 2.41. The highest BCUT2D eigenvalue weighted by molar-refractivity contribution is 7.11. The van der Waals surface area contributed by atoms with Gasteiger partial charge in [0.1, 0.15) is 5.69 Å². The van der Waals surface area contributed by atoms with Crippen LogP contribution in [0.15, 0.2) is 0 Å². The van der Waals surface area contributed by atoms with E-state index in [0.29, 0.717) is 12.3 Å². The molecule has 66 valence electrons. The van der Waals surface area contributed by atoms with E-state index in [1.165, 1.54) is 0 Å². The van der Waals surface area contributed by atoms with Gasteiger partial charge in [-0.1, -0.05) is 0 Å². The molecule has 0 aliphatic carbocycles. The van der Waals surface area contributed by atoms with Crippen LogP contribution in [0.2, 0.25) is 0 Å². The number of nitrogens with zero attached hydrogens (tertiary/aromatic N) is 1. The summed E-state index contributed by atoms with van der Waals surface area (Å²) in [5.74, 6) is 0. The Balaban J connectivity index is 2.68. The van der Waals surface area contributed by atoms with Crippen molar-refractivity contribution in [2.24, 2.45) is 0 Å². The van der Waals surface area contributed by atoms with Crippen molar-refractivity contribution in [3.05, 3.63) is 15.6 Å². The first-order chi connectivity index (χ1) is 5.77. The van der Waals surface area contributed by atoms with Crippen LogP contribution in [0.4, 0.5) is 0 Å². The van der Waals surface area contributed by atoms with Gasteiger partial charge in [0.25, 0.3) is 0 Å². The maximum Gasteiger partial charge on any atom is 0.169 e. The fraction of sp³-hybridized carbons (Fsp3) is 0.500. The standard InChI is InChI=1S/C8H11NO2S/c1-6-7(5-10)9-8(12-6)3-4-11-2/h5H,3-4H2,1-2H3. The number of rotatable bonds is 4. The first-order valence-corrected chi connectivity index (χ1v) is 4.50. The normalized spacial score (nSPS) is 10.2. The number of carbonyl (C=O) groups excluding carboxylic acids is 1. The Bertz CT molecular complexity index is 270. The molecule has 0 radical (unpaired) electrons. The second kappa shape index (κ2) is 4.33. The SMILES string of the molecule is COCCc1nc(C=O)c(C)s1. The van der Waals surface area contributed by atoms with E-state index in [-0.39, 0.29) is 0 Å². The zero-order valence-corrected chi connectivity index (χ0v) is 7.98. The van der Waals surface area contributed by atoms with E-state index in [4.69, 9.17) is 4.74 Å². The number of aldehydes is 1. The lowest BCUT2D eigenvalue weighted by atomic mass is 10.4. The Morgan fingerprint density at radius 1 is 1.67 bits per heavy atom. The minimum absolute atomic E-state index is 0.561. The van der Waals surface area contributed by atoms with Gasteiger partial charge in [0.15, 0.2) is 6.29 Å². The molecule has 0 aliphatic heterocycles. The number of hydrogen-bond acceptors (Lipinski definition) is 4. The number of hydrogen-bond donors (Lipinski definition) is 0. The van der Waals surface area contributed by atoms with Crippen LogP contribution in [0.25, 0.3) is 0 Å². The number of aromatic nitrogens is 1. The van der Waals surface area contributed by atoms with E-state index in [9.17, 15) is 4.79 Å². The lowest BCUT2D eigenvalue weighted by molar-refractivity contribution is 0.111. The second-order valence-corrected chi connectivity index (χ2v) is 3.70. The van der Waals surface area contributed by atoms with Gasteiger partial charge in [0.2, 0.25) is 0 Å². The van der Waals surface area contributed by atoms with E-state index < -0.39 is 0 Å². The van der Waals surface area contributed by atoms with Crippen molar-refractivity contribution < 1.29 is 9.53 Å². The van der Waals surface area contributed by atoms with Crippen molar-refractivity contribution in [3.8, 4) is 0 Å². The molecule has 0 fully saturated rings. The lowest BCUT2D eigenvalue weighted by Gasteiger charge is -1.91. The molecule has 3 nitrogen and oxygen atoms in total. The summed E-state index contributed by atoms with van der Waals surface area (Å²) in [4.78, 5) is 15.5. The third kappa shape index (κ3) is 2.12. The predicted octanol–water partition coefficient (Wildman–Crippen LogP) is 1.45. The first kappa shape index (κ1) is 9.35. The van der Waals surface area contributed by atoms with Gasteiger partial charge in [-0.2, -0.15) is 0 Å². The Morgan fingerprint density at radius 2 is 2.42 bits per heavy atom. The fourth-order valence-electron chi connectivity index (χ4n) is 0.871. The van der Waals surface area contributed by atoms with Crippen LogP contribution in [0.3, 0.4) is 0 Å². The molecule has 1 rings (SSSR count). The van der Waals surface area contributed by atoms with Crippen molar-refractivity contribution in [2.75, 3.05) is 13.7 Å². The van der Waals surface area contributed by atoms with Crippen LogP contribution in [0.1, 0.15) is 20.4 Å². The van der Waals surface area contributed by atoms with Gasteiger partial charge < -0.3 is 4.74 Å². The quantitative estimate of drug-likeness (QED) is 0.666. The highest BCUT2D eigenvalue weighted by atomic mass is 32.1. The molecule has 0 N–H and O–H groups in total. The average Bonchev–Trinajstić information content (AvgIpc) is 2.43. The van der Waals surface area contributed by atoms with E-state index in [0.717, 1.165) is 22.6 Å². The van der Waals surface area contributed by atoms with Gasteiger partial charge in [-0.25, -0.2) is 4.98 Å². The fourth-order valence-corrected chi connectivity index (χ4v) is 1.75. The summed E-state index contributed by atoms with van der Waals surface area (Å²) in [7, 11) is 1.65. The zero-order valence-electron chi connectivity index (χ0n) is 7.16. The molecule has 0 amide bonds. The molecule has 4 heteroatoms. The maximum atomic E-state index is 10.4. The summed E-state index contributed by atoms with van der Waals surface area (Å²) < 4.78 is 4.91. The smallest absolute Gasteiger partial charge is 0.169 e. The average molecular weight is 185 g/mol. The van der Waals surface area contributed by atoms with E-state index in [2.05, 4.69) is 4.98 Å². The van der Waals surface area contributed by atoms with Crippen LogP contribution in [-0.4, -0.2) is 25.0 Å². The molecule has 0 bridgehead atoms. The monoisotopic (exact) mass is 185 g/mol. The molecule has 0 saturated carbocycles. The molecule has 0 saturated heterocycles. The van der Waals surface area contributed by atoms with E-state index in [1.54, 1.807) is 18.4 Å². The third-order valence-corrected chi connectivity index (χ3v) is 2.55. The third-order valence-electron chi connectivity index (χ3n) is 1.51. The summed E-state index contributed by atoms with van der Waals surface area (Å²) in [6, 6.07) is 0. The van der Waals surface area contributed by atoms with Crippen molar-refractivity contribution >= 4 is 17.6 Å². The molecule has 0 unspecified atom stereocenters. The van der Waals surface area contributed by atoms with Crippen LogP contribution >= 0.6 is 11.3 Å². The molecule has 0 atom stereocenters. The highest BCUT2D eigenvalue weighted by Gasteiger charge is 2.05. The van der Waals surface area contributed by atoms with Gasteiger partial charge in [0.05, 0.1) is 11.6 Å². The Hall–Kier alpha value is -0.740. The summed E-state index contributed by atoms with van der Waals surface area (Å²) in [5.41, 5.74) is 0.561. The van der Waals surface area contributed by atoms with Crippen LogP contribution < -0.4 is 0 Å². The summed E-state index contributed by atoms with van der Waals surface area (Å²) in [5, 5.41) is 0.969. The molecular formula is C8H11NO2S. The summed E-state index contributed by atoms with van der Waals surface area (Å²) in [6.07, 6.45) is 1.58. The molecule has 0 spiro atoms. The molecule has 1 heterocycles. The minimum Gasteiger partial charge on any atom is -0.384 e. The number of methoxy groups -OCH3 is 1. The van der Waals surface area contributed by atoms with Crippen LogP contribution in [0.5, 0.6) is 0 Å². The molecule has 12 heavy (non-hydrogen) atoms. The Morgan fingerprint density at radius 3 is 2.92 bits per heavy atom. The molecule has 1 aromatic heterocycles. The maximum absolute atomic E-state index is 10.4. The van der Waals surface area contributed by atoms with Gasteiger partial charge in [-0.3, -0.25) is 4.79 Å².